The molecule has 0 spiro atoms. The molecule has 2 aromatic carbocycles. The van der Waals surface area contributed by atoms with E-state index in [-0.39, 0.29) is 11.5 Å². The van der Waals surface area contributed by atoms with E-state index in [9.17, 15) is 4.79 Å². The minimum absolute atomic E-state index is 0.109. The zero-order valence-electron chi connectivity index (χ0n) is 19.4. The molecule has 0 bridgehead atoms. The van der Waals surface area contributed by atoms with Crippen molar-refractivity contribution in [2.45, 2.75) is 26.8 Å². The van der Waals surface area contributed by atoms with E-state index in [1.165, 1.54) is 0 Å². The van der Waals surface area contributed by atoms with Crippen molar-refractivity contribution in [3.05, 3.63) is 76.1 Å². The third kappa shape index (κ3) is 3.49. The SMILES string of the molecule is CNn1cnc2c(NC(C)c3nc4cccc(C)c4c(=O)n3-c3cccc(C)c3)nc(N)nc21. The predicted molar refractivity (Wildman–Crippen MR) is 134 cm³/mol. The van der Waals surface area contributed by atoms with E-state index in [0.717, 1.165) is 16.8 Å². The third-order valence-corrected chi connectivity index (χ3v) is 5.79. The Kier molecular flexibility index (Phi) is 5.12. The van der Waals surface area contributed by atoms with E-state index in [1.807, 2.05) is 63.2 Å². The Morgan fingerprint density at radius 3 is 2.62 bits per heavy atom. The smallest absolute Gasteiger partial charge is 0.266 e. The topological polar surface area (TPSA) is 129 Å². The molecule has 0 radical (unpaired) electrons. The fourth-order valence-corrected chi connectivity index (χ4v) is 4.17. The largest absolute Gasteiger partial charge is 0.368 e. The quantitative estimate of drug-likeness (QED) is 0.369. The standard InChI is InChI=1S/C24H25N9O/c1-13-7-5-9-16(11-13)33-21(29-17-10-6-8-14(2)18(17)23(33)34)15(3)28-20-19-22(31-24(25)30-20)32(26-4)12-27-19/h5-12,15,26H,1-4H3,(H3,25,28,30,31). The summed E-state index contributed by atoms with van der Waals surface area (Å²) in [4.78, 5) is 31.7. The molecule has 10 nitrogen and oxygen atoms in total. The van der Waals surface area contributed by atoms with Crippen molar-refractivity contribution in [2.75, 3.05) is 23.5 Å². The molecule has 0 saturated heterocycles. The van der Waals surface area contributed by atoms with Crippen LogP contribution < -0.4 is 22.0 Å². The van der Waals surface area contributed by atoms with Crippen LogP contribution in [0, 0.1) is 13.8 Å². The van der Waals surface area contributed by atoms with Gasteiger partial charge in [0, 0.05) is 7.05 Å². The van der Waals surface area contributed by atoms with Gasteiger partial charge in [-0.1, -0.05) is 24.3 Å². The van der Waals surface area contributed by atoms with Crippen molar-refractivity contribution >= 4 is 33.8 Å². The summed E-state index contributed by atoms with van der Waals surface area (Å²) >= 11 is 0. The molecule has 5 rings (SSSR count). The summed E-state index contributed by atoms with van der Waals surface area (Å²) in [6.07, 6.45) is 1.61. The van der Waals surface area contributed by atoms with E-state index in [0.29, 0.717) is 33.7 Å². The number of fused-ring (bicyclic) bond motifs is 2. The number of anilines is 2. The number of aryl methyl sites for hydroxylation is 2. The summed E-state index contributed by atoms with van der Waals surface area (Å²) in [5.41, 5.74) is 13.2. The van der Waals surface area contributed by atoms with Gasteiger partial charge in [0.25, 0.3) is 5.56 Å². The molecule has 3 heterocycles. The van der Waals surface area contributed by atoms with Crippen molar-refractivity contribution in [2.24, 2.45) is 0 Å². The van der Waals surface area contributed by atoms with Crippen LogP contribution in [0.3, 0.4) is 0 Å². The second kappa shape index (κ2) is 8.14. The lowest BCUT2D eigenvalue weighted by molar-refractivity contribution is 0.731. The molecule has 5 aromatic rings. The average Bonchev–Trinajstić information content (AvgIpc) is 3.21. The lowest BCUT2D eigenvalue weighted by Gasteiger charge is -2.21. The van der Waals surface area contributed by atoms with E-state index >= 15 is 0 Å². The molecule has 0 aliphatic rings. The zero-order chi connectivity index (χ0) is 24.0. The minimum atomic E-state index is -0.407. The first kappa shape index (κ1) is 21.4. The van der Waals surface area contributed by atoms with E-state index < -0.39 is 6.04 Å². The van der Waals surface area contributed by atoms with Crippen LogP contribution in [0.5, 0.6) is 0 Å². The summed E-state index contributed by atoms with van der Waals surface area (Å²) in [7, 11) is 1.76. The Hall–Kier alpha value is -4.47. The Labute approximate surface area is 195 Å². The van der Waals surface area contributed by atoms with Crippen molar-refractivity contribution in [1.82, 2.24) is 29.2 Å². The monoisotopic (exact) mass is 455 g/mol. The maximum Gasteiger partial charge on any atom is 0.266 e. The van der Waals surface area contributed by atoms with Gasteiger partial charge in [-0.2, -0.15) is 9.97 Å². The summed E-state index contributed by atoms with van der Waals surface area (Å²) < 4.78 is 3.32. The molecular formula is C24H25N9O. The second-order valence-electron chi connectivity index (χ2n) is 8.23. The van der Waals surface area contributed by atoms with Gasteiger partial charge in [0.05, 0.1) is 22.6 Å². The van der Waals surface area contributed by atoms with Crippen LogP contribution in [0.1, 0.15) is 29.9 Å². The highest BCUT2D eigenvalue weighted by Crippen LogP contribution is 2.26. The van der Waals surface area contributed by atoms with Crippen LogP contribution in [0.25, 0.3) is 27.8 Å². The van der Waals surface area contributed by atoms with Gasteiger partial charge in [-0.15, -0.1) is 0 Å². The van der Waals surface area contributed by atoms with Gasteiger partial charge in [-0.25, -0.2) is 14.6 Å². The van der Waals surface area contributed by atoms with Crippen LogP contribution >= 0.6 is 0 Å². The first-order valence-electron chi connectivity index (χ1n) is 10.9. The molecule has 1 atom stereocenters. The number of rotatable bonds is 5. The number of hydrogen-bond donors (Lipinski definition) is 3. The maximum absolute atomic E-state index is 13.8. The molecule has 4 N–H and O–H groups in total. The number of nitrogens with two attached hydrogens (primary N) is 1. The molecule has 10 heteroatoms. The fraction of sp³-hybridized carbons (Fsp3) is 0.208. The van der Waals surface area contributed by atoms with Crippen molar-refractivity contribution in [1.29, 1.82) is 0 Å². The number of nitrogens with one attached hydrogen (secondary N) is 2. The summed E-state index contributed by atoms with van der Waals surface area (Å²) in [6.45, 7) is 5.84. The molecule has 3 aromatic heterocycles. The number of nitrogens with zero attached hydrogens (tertiary/aromatic N) is 6. The van der Waals surface area contributed by atoms with Gasteiger partial charge < -0.3 is 16.5 Å². The normalized spacial score (nSPS) is 12.2. The van der Waals surface area contributed by atoms with Crippen LogP contribution in [-0.2, 0) is 0 Å². The van der Waals surface area contributed by atoms with E-state index in [1.54, 1.807) is 22.6 Å². The van der Waals surface area contributed by atoms with Gasteiger partial charge in [-0.3, -0.25) is 9.36 Å². The molecule has 0 saturated carbocycles. The molecular weight excluding hydrogens is 430 g/mol. The predicted octanol–water partition coefficient (Wildman–Crippen LogP) is 3.07. The molecule has 0 fully saturated rings. The summed E-state index contributed by atoms with van der Waals surface area (Å²) in [5, 5.41) is 3.95. The number of nitrogen functional groups attached to an aromatic ring is 1. The van der Waals surface area contributed by atoms with Crippen molar-refractivity contribution in [3.63, 3.8) is 0 Å². The lowest BCUT2D eigenvalue weighted by atomic mass is 10.1. The molecule has 172 valence electrons. The highest BCUT2D eigenvalue weighted by atomic mass is 16.1. The Balaban J connectivity index is 1.71. The van der Waals surface area contributed by atoms with Crippen LogP contribution in [0.15, 0.2) is 53.6 Å². The average molecular weight is 456 g/mol. The Bertz CT molecular complexity index is 1600. The van der Waals surface area contributed by atoms with Gasteiger partial charge in [0.2, 0.25) is 5.95 Å². The summed E-state index contributed by atoms with van der Waals surface area (Å²) in [6, 6.07) is 13.1. The van der Waals surface area contributed by atoms with Gasteiger partial charge in [0.15, 0.2) is 17.0 Å². The minimum Gasteiger partial charge on any atom is -0.368 e. The molecule has 1 unspecified atom stereocenters. The van der Waals surface area contributed by atoms with Crippen LogP contribution in [0.4, 0.5) is 11.8 Å². The first-order valence-corrected chi connectivity index (χ1v) is 10.9. The summed E-state index contributed by atoms with van der Waals surface area (Å²) in [5.74, 6) is 1.11. The third-order valence-electron chi connectivity index (χ3n) is 5.79. The number of hydrogen-bond acceptors (Lipinski definition) is 8. The fourth-order valence-electron chi connectivity index (χ4n) is 4.17. The number of imidazole rings is 1. The lowest BCUT2D eigenvalue weighted by Crippen LogP contribution is -2.28. The molecule has 0 aliphatic heterocycles. The van der Waals surface area contributed by atoms with E-state index in [4.69, 9.17) is 10.7 Å². The highest BCUT2D eigenvalue weighted by molar-refractivity contribution is 5.85. The molecule has 34 heavy (non-hydrogen) atoms. The highest BCUT2D eigenvalue weighted by Gasteiger charge is 2.21. The van der Waals surface area contributed by atoms with Crippen molar-refractivity contribution < 1.29 is 0 Å². The zero-order valence-corrected chi connectivity index (χ0v) is 19.4. The van der Waals surface area contributed by atoms with Gasteiger partial charge >= 0.3 is 0 Å². The first-order chi connectivity index (χ1) is 16.4. The van der Waals surface area contributed by atoms with Gasteiger partial charge in [-0.05, 0) is 50.1 Å². The molecule has 0 aliphatic carbocycles. The van der Waals surface area contributed by atoms with Crippen LogP contribution in [0.2, 0.25) is 0 Å². The Morgan fingerprint density at radius 1 is 1.06 bits per heavy atom. The Morgan fingerprint density at radius 2 is 1.85 bits per heavy atom. The molecule has 0 amide bonds. The van der Waals surface area contributed by atoms with Crippen molar-refractivity contribution in [3.8, 4) is 5.69 Å². The van der Waals surface area contributed by atoms with Gasteiger partial charge in [0.1, 0.15) is 12.2 Å². The number of benzene rings is 2. The van der Waals surface area contributed by atoms with Crippen LogP contribution in [-0.4, -0.2) is 36.2 Å². The maximum atomic E-state index is 13.8. The number of aromatic nitrogens is 6. The second-order valence-corrected chi connectivity index (χ2v) is 8.23. The van der Waals surface area contributed by atoms with E-state index in [2.05, 4.69) is 25.7 Å².